The van der Waals surface area contributed by atoms with Crippen molar-refractivity contribution in [1.82, 2.24) is 0 Å². The van der Waals surface area contributed by atoms with E-state index in [4.69, 9.17) is 0 Å². The Bertz CT molecular complexity index is 2040. The van der Waals surface area contributed by atoms with Crippen LogP contribution in [-0.2, 0) is 5.41 Å². The number of anilines is 3. The number of hydrogen-bond acceptors (Lipinski definition) is 1. The molecule has 0 atom stereocenters. The lowest BCUT2D eigenvalue weighted by molar-refractivity contribution is 0.660. The summed E-state index contributed by atoms with van der Waals surface area (Å²) in [5, 5.41) is 0. The second kappa shape index (κ2) is 11.4. The Morgan fingerprint density at radius 1 is 0.348 bits per heavy atom. The lowest BCUT2D eigenvalue weighted by Gasteiger charge is -2.28. The van der Waals surface area contributed by atoms with Crippen LogP contribution in [0.2, 0.25) is 0 Å². The zero-order valence-corrected chi connectivity index (χ0v) is 26.2. The molecule has 0 aliphatic heterocycles. The van der Waals surface area contributed by atoms with Crippen LogP contribution in [0.25, 0.3) is 44.5 Å². The van der Waals surface area contributed by atoms with E-state index in [1.54, 1.807) is 0 Å². The highest BCUT2D eigenvalue weighted by Crippen LogP contribution is 2.53. The Morgan fingerprint density at radius 3 is 1.33 bits per heavy atom. The second-order valence-electron chi connectivity index (χ2n) is 12.6. The Morgan fingerprint density at radius 2 is 0.804 bits per heavy atom. The van der Waals surface area contributed by atoms with Gasteiger partial charge in [0.15, 0.2) is 0 Å². The molecule has 1 aliphatic rings. The average molecular weight is 590 g/mol. The van der Waals surface area contributed by atoms with Crippen molar-refractivity contribution in [2.24, 2.45) is 0 Å². The van der Waals surface area contributed by atoms with Gasteiger partial charge in [0.2, 0.25) is 0 Å². The topological polar surface area (TPSA) is 3.24 Å². The largest absolute Gasteiger partial charge is 0.310 e. The minimum atomic E-state index is -0.133. The van der Waals surface area contributed by atoms with Gasteiger partial charge in [0.1, 0.15) is 0 Å². The molecule has 0 aromatic heterocycles. The number of nitrogens with zero attached hydrogens (tertiary/aromatic N) is 1. The smallest absolute Gasteiger partial charge is 0.0465 e. The molecule has 220 valence electrons. The normalized spacial score (nSPS) is 12.7. The van der Waals surface area contributed by atoms with E-state index in [-0.39, 0.29) is 5.41 Å². The van der Waals surface area contributed by atoms with E-state index in [0.717, 1.165) is 17.1 Å². The van der Waals surface area contributed by atoms with Crippen molar-refractivity contribution in [2.45, 2.75) is 19.3 Å². The monoisotopic (exact) mass is 589 g/mol. The molecule has 0 radical (unpaired) electrons. The highest BCUT2D eigenvalue weighted by Gasteiger charge is 2.37. The predicted octanol–water partition coefficient (Wildman–Crippen LogP) is 12.5. The Hall–Kier alpha value is -5.66. The van der Waals surface area contributed by atoms with E-state index in [1.165, 1.54) is 55.6 Å². The summed E-state index contributed by atoms with van der Waals surface area (Å²) in [7, 11) is 0. The third-order valence-electron chi connectivity index (χ3n) is 9.49. The average Bonchev–Trinajstić information content (AvgIpc) is 3.36. The van der Waals surface area contributed by atoms with Crippen molar-refractivity contribution in [3.8, 4) is 44.5 Å². The maximum absolute atomic E-state index is 2.42. The Labute approximate surface area is 272 Å². The molecule has 8 rings (SSSR count). The van der Waals surface area contributed by atoms with E-state index in [1.807, 2.05) is 0 Å². The second-order valence-corrected chi connectivity index (χ2v) is 12.6. The summed E-state index contributed by atoms with van der Waals surface area (Å²) in [5.74, 6) is 0. The summed E-state index contributed by atoms with van der Waals surface area (Å²) in [6.45, 7) is 4.73. The third-order valence-corrected chi connectivity index (χ3v) is 9.49. The summed E-state index contributed by atoms with van der Waals surface area (Å²) in [6.07, 6.45) is 0. The van der Waals surface area contributed by atoms with Crippen molar-refractivity contribution in [1.29, 1.82) is 0 Å². The van der Waals surface area contributed by atoms with Gasteiger partial charge in [-0.3, -0.25) is 0 Å². The third kappa shape index (κ3) is 4.82. The molecule has 0 heterocycles. The molecule has 46 heavy (non-hydrogen) atoms. The zero-order chi connectivity index (χ0) is 31.1. The van der Waals surface area contributed by atoms with Crippen LogP contribution in [0.15, 0.2) is 176 Å². The molecule has 0 N–H and O–H groups in total. The van der Waals surface area contributed by atoms with Crippen LogP contribution in [0.4, 0.5) is 17.1 Å². The molecule has 1 heteroatoms. The highest BCUT2D eigenvalue weighted by molar-refractivity contribution is 5.94. The first-order valence-electron chi connectivity index (χ1n) is 16.0. The molecule has 7 aromatic rings. The van der Waals surface area contributed by atoms with Crippen LogP contribution in [0.1, 0.15) is 25.0 Å². The van der Waals surface area contributed by atoms with Crippen LogP contribution in [0, 0.1) is 0 Å². The first-order valence-corrected chi connectivity index (χ1v) is 16.0. The van der Waals surface area contributed by atoms with Gasteiger partial charge in [-0.1, -0.05) is 153 Å². The van der Waals surface area contributed by atoms with Crippen molar-refractivity contribution in [3.63, 3.8) is 0 Å². The van der Waals surface area contributed by atoms with Gasteiger partial charge in [0, 0.05) is 22.5 Å². The van der Waals surface area contributed by atoms with Crippen LogP contribution < -0.4 is 4.90 Å². The molecule has 0 unspecified atom stereocenters. The highest BCUT2D eigenvalue weighted by atomic mass is 15.1. The molecule has 0 saturated heterocycles. The molecule has 0 amide bonds. The summed E-state index contributed by atoms with van der Waals surface area (Å²) < 4.78 is 0. The molecule has 0 bridgehead atoms. The van der Waals surface area contributed by atoms with Crippen LogP contribution in [-0.4, -0.2) is 0 Å². The minimum Gasteiger partial charge on any atom is -0.310 e. The van der Waals surface area contributed by atoms with Crippen molar-refractivity contribution in [3.05, 3.63) is 187 Å². The molecular weight excluding hydrogens is 555 g/mol. The Kier molecular flexibility index (Phi) is 6.88. The standard InChI is InChI=1S/C45H35N/c1-45(2)42-20-12-19-40(36-17-10-5-11-18-36)44(42)41-30-29-39(31-43(41)45)46(37-25-21-34(22-26-37)32-13-6-3-7-14-32)38-27-23-35(24-28-38)33-15-8-4-9-16-33/h3-31H,1-2H3. The number of rotatable bonds is 6. The van der Waals surface area contributed by atoms with E-state index in [0.29, 0.717) is 0 Å². The first-order chi connectivity index (χ1) is 22.6. The lowest BCUT2D eigenvalue weighted by Crippen LogP contribution is -2.16. The maximum atomic E-state index is 2.42. The SMILES string of the molecule is CC1(C)c2cc(N(c3ccc(-c4ccccc4)cc3)c3ccc(-c4ccccc4)cc3)ccc2-c2c(-c3ccccc3)cccc21. The van der Waals surface area contributed by atoms with E-state index >= 15 is 0 Å². The van der Waals surface area contributed by atoms with Gasteiger partial charge in [-0.25, -0.2) is 0 Å². The number of hydrogen-bond donors (Lipinski definition) is 0. The van der Waals surface area contributed by atoms with Gasteiger partial charge in [0.05, 0.1) is 0 Å². The summed E-state index contributed by atoms with van der Waals surface area (Å²) in [5.41, 5.74) is 16.1. The summed E-state index contributed by atoms with van der Waals surface area (Å²) in [4.78, 5) is 2.39. The van der Waals surface area contributed by atoms with Crippen molar-refractivity contribution < 1.29 is 0 Å². The fraction of sp³-hybridized carbons (Fsp3) is 0.0667. The van der Waals surface area contributed by atoms with Gasteiger partial charge >= 0.3 is 0 Å². The molecule has 7 aromatic carbocycles. The minimum absolute atomic E-state index is 0.133. The van der Waals surface area contributed by atoms with Gasteiger partial charge in [-0.2, -0.15) is 0 Å². The quantitative estimate of drug-likeness (QED) is 0.186. The Balaban J connectivity index is 1.26. The van der Waals surface area contributed by atoms with Crippen LogP contribution in [0.3, 0.4) is 0 Å². The number of fused-ring (bicyclic) bond motifs is 3. The zero-order valence-electron chi connectivity index (χ0n) is 26.2. The molecule has 0 fully saturated rings. The predicted molar refractivity (Wildman–Crippen MR) is 195 cm³/mol. The molecule has 1 aliphatic carbocycles. The van der Waals surface area contributed by atoms with Gasteiger partial charge in [0.25, 0.3) is 0 Å². The van der Waals surface area contributed by atoms with Crippen molar-refractivity contribution in [2.75, 3.05) is 4.90 Å². The molecule has 0 spiro atoms. The molecule has 1 nitrogen and oxygen atoms in total. The molecule has 0 saturated carbocycles. The van der Waals surface area contributed by atoms with Gasteiger partial charge < -0.3 is 4.90 Å². The van der Waals surface area contributed by atoms with E-state index in [9.17, 15) is 0 Å². The van der Waals surface area contributed by atoms with Crippen LogP contribution in [0.5, 0.6) is 0 Å². The first kappa shape index (κ1) is 27.9. The maximum Gasteiger partial charge on any atom is 0.0465 e. The fourth-order valence-corrected chi connectivity index (χ4v) is 7.09. The van der Waals surface area contributed by atoms with Crippen molar-refractivity contribution >= 4 is 17.1 Å². The summed E-state index contributed by atoms with van der Waals surface area (Å²) in [6, 6.07) is 63.7. The number of benzene rings is 7. The summed E-state index contributed by atoms with van der Waals surface area (Å²) >= 11 is 0. The molecular formula is C45H35N. The van der Waals surface area contributed by atoms with E-state index in [2.05, 4.69) is 195 Å². The van der Waals surface area contributed by atoms with Gasteiger partial charge in [-0.15, -0.1) is 0 Å². The fourth-order valence-electron chi connectivity index (χ4n) is 7.09. The lowest BCUT2D eigenvalue weighted by atomic mass is 9.81. The van der Waals surface area contributed by atoms with E-state index < -0.39 is 0 Å². The van der Waals surface area contributed by atoms with Gasteiger partial charge in [-0.05, 0) is 92.0 Å². The van der Waals surface area contributed by atoms with Crippen LogP contribution >= 0.6 is 0 Å².